The third-order valence-corrected chi connectivity index (χ3v) is 5.88. The number of hydrogen-bond acceptors (Lipinski definition) is 4. The largest absolute Gasteiger partial charge is 0.375 e. The molecule has 3 heterocycles. The molecule has 2 atom stereocenters. The number of hydrogen-bond donors (Lipinski definition) is 1. The Labute approximate surface area is 132 Å². The molecule has 2 aliphatic heterocycles. The first kappa shape index (κ1) is 15.3. The minimum atomic E-state index is 0.162. The summed E-state index contributed by atoms with van der Waals surface area (Å²) in [6.45, 7) is 4.12. The molecule has 0 aromatic carbocycles. The van der Waals surface area contributed by atoms with E-state index in [-0.39, 0.29) is 5.60 Å². The summed E-state index contributed by atoms with van der Waals surface area (Å²) in [5.74, 6) is 3.19. The Morgan fingerprint density at radius 2 is 2.14 bits per heavy atom. The van der Waals surface area contributed by atoms with Gasteiger partial charge in [-0.3, -0.25) is 4.98 Å². The van der Waals surface area contributed by atoms with Gasteiger partial charge >= 0.3 is 0 Å². The molecule has 1 aromatic heterocycles. The topological polar surface area (TPSA) is 34.2 Å². The number of ether oxygens (including phenoxy) is 1. The lowest BCUT2D eigenvalue weighted by molar-refractivity contribution is -0.107. The van der Waals surface area contributed by atoms with Gasteiger partial charge in [-0.1, -0.05) is 6.92 Å². The molecule has 2 saturated heterocycles. The van der Waals surface area contributed by atoms with Crippen molar-refractivity contribution in [3.05, 3.63) is 30.1 Å². The van der Waals surface area contributed by atoms with Crippen LogP contribution < -0.4 is 5.32 Å². The molecular formula is C17H26N2OS. The lowest BCUT2D eigenvalue weighted by Gasteiger charge is -2.45. The van der Waals surface area contributed by atoms with Crippen LogP contribution in [0.1, 0.15) is 44.2 Å². The summed E-state index contributed by atoms with van der Waals surface area (Å²) in [5, 5.41) is 3.70. The van der Waals surface area contributed by atoms with Crippen LogP contribution in [0.4, 0.5) is 0 Å². The summed E-state index contributed by atoms with van der Waals surface area (Å²) in [6.07, 6.45) is 8.63. The maximum Gasteiger partial charge on any atom is 0.0701 e. The summed E-state index contributed by atoms with van der Waals surface area (Å²) >= 11 is 2.07. The van der Waals surface area contributed by atoms with Crippen molar-refractivity contribution in [2.45, 2.75) is 44.2 Å². The fourth-order valence-corrected chi connectivity index (χ4v) is 5.03. The first-order valence-electron chi connectivity index (χ1n) is 8.18. The Kier molecular flexibility index (Phi) is 5.19. The van der Waals surface area contributed by atoms with Crippen LogP contribution in [0.25, 0.3) is 0 Å². The van der Waals surface area contributed by atoms with E-state index in [0.717, 1.165) is 19.6 Å². The van der Waals surface area contributed by atoms with Crippen molar-refractivity contribution in [2.75, 3.05) is 24.7 Å². The van der Waals surface area contributed by atoms with E-state index < -0.39 is 0 Å². The number of rotatable bonds is 4. The number of nitrogens with zero attached hydrogens (tertiary/aromatic N) is 1. The van der Waals surface area contributed by atoms with E-state index >= 15 is 0 Å². The number of pyridine rings is 1. The van der Waals surface area contributed by atoms with E-state index in [0.29, 0.717) is 12.0 Å². The van der Waals surface area contributed by atoms with E-state index in [4.69, 9.17) is 4.74 Å². The van der Waals surface area contributed by atoms with E-state index in [1.54, 1.807) is 0 Å². The Balaban J connectivity index is 1.76. The van der Waals surface area contributed by atoms with Gasteiger partial charge in [0.2, 0.25) is 0 Å². The molecule has 3 nitrogen and oxygen atoms in total. The molecule has 2 aliphatic rings. The molecule has 116 valence electrons. The number of aromatic nitrogens is 1. The summed E-state index contributed by atoms with van der Waals surface area (Å²) < 4.78 is 6.25. The highest BCUT2D eigenvalue weighted by atomic mass is 32.2. The summed E-state index contributed by atoms with van der Waals surface area (Å²) in [6, 6.07) is 4.76. The monoisotopic (exact) mass is 306 g/mol. The SMILES string of the molecule is CCNC(c1ccncc1)C1CCOC2(CCSCC2)C1. The Morgan fingerprint density at radius 3 is 2.86 bits per heavy atom. The van der Waals surface area contributed by atoms with Gasteiger partial charge in [-0.2, -0.15) is 11.8 Å². The standard InChI is InChI=1S/C17H26N2OS/c1-2-19-16(14-3-8-18-9-4-14)15-5-10-20-17(13-15)6-11-21-12-7-17/h3-4,8-9,15-16,19H,2,5-7,10-13H2,1H3. The molecule has 1 N–H and O–H groups in total. The minimum absolute atomic E-state index is 0.162. The number of thioether (sulfide) groups is 1. The molecule has 2 unspecified atom stereocenters. The highest BCUT2D eigenvalue weighted by Gasteiger charge is 2.41. The Bertz CT molecular complexity index is 428. The minimum Gasteiger partial charge on any atom is -0.375 e. The molecular weight excluding hydrogens is 280 g/mol. The molecule has 0 radical (unpaired) electrons. The van der Waals surface area contributed by atoms with Gasteiger partial charge in [-0.15, -0.1) is 0 Å². The zero-order valence-corrected chi connectivity index (χ0v) is 13.7. The molecule has 1 spiro atoms. The third kappa shape index (κ3) is 3.61. The molecule has 0 bridgehead atoms. The molecule has 2 fully saturated rings. The average molecular weight is 306 g/mol. The zero-order chi connectivity index (χ0) is 14.5. The van der Waals surface area contributed by atoms with Crippen LogP contribution in [-0.2, 0) is 4.74 Å². The first-order chi connectivity index (χ1) is 10.3. The van der Waals surface area contributed by atoms with Crippen LogP contribution in [0.2, 0.25) is 0 Å². The normalized spacial score (nSPS) is 26.6. The van der Waals surface area contributed by atoms with Crippen LogP contribution in [0, 0.1) is 5.92 Å². The van der Waals surface area contributed by atoms with E-state index in [9.17, 15) is 0 Å². The molecule has 21 heavy (non-hydrogen) atoms. The van der Waals surface area contributed by atoms with Crippen LogP contribution >= 0.6 is 11.8 Å². The second-order valence-electron chi connectivity index (χ2n) is 6.21. The third-order valence-electron chi connectivity index (χ3n) is 4.90. The molecule has 3 rings (SSSR count). The van der Waals surface area contributed by atoms with Gasteiger partial charge in [0.05, 0.1) is 5.60 Å². The molecule has 1 aromatic rings. The van der Waals surface area contributed by atoms with Gasteiger partial charge in [-0.05, 0) is 67.3 Å². The Morgan fingerprint density at radius 1 is 1.38 bits per heavy atom. The highest BCUT2D eigenvalue weighted by molar-refractivity contribution is 7.99. The van der Waals surface area contributed by atoms with Gasteiger partial charge in [0.25, 0.3) is 0 Å². The van der Waals surface area contributed by atoms with Crippen molar-refractivity contribution in [2.24, 2.45) is 5.92 Å². The van der Waals surface area contributed by atoms with Gasteiger partial charge in [0.15, 0.2) is 0 Å². The quantitative estimate of drug-likeness (QED) is 0.924. The van der Waals surface area contributed by atoms with Crippen molar-refractivity contribution < 1.29 is 4.74 Å². The predicted octanol–water partition coefficient (Wildman–Crippen LogP) is 3.42. The lowest BCUT2D eigenvalue weighted by Crippen LogP contribution is -2.45. The van der Waals surface area contributed by atoms with Gasteiger partial charge < -0.3 is 10.1 Å². The van der Waals surface area contributed by atoms with Crippen LogP contribution in [0.15, 0.2) is 24.5 Å². The fourth-order valence-electron chi connectivity index (χ4n) is 3.79. The molecule has 0 saturated carbocycles. The van der Waals surface area contributed by atoms with Gasteiger partial charge in [0.1, 0.15) is 0 Å². The molecule has 0 aliphatic carbocycles. The lowest BCUT2D eigenvalue weighted by atomic mass is 9.77. The highest BCUT2D eigenvalue weighted by Crippen LogP contribution is 2.43. The van der Waals surface area contributed by atoms with Crippen molar-refractivity contribution in [1.82, 2.24) is 10.3 Å². The van der Waals surface area contributed by atoms with Crippen LogP contribution in [0.5, 0.6) is 0 Å². The first-order valence-corrected chi connectivity index (χ1v) is 9.33. The Hall–Kier alpha value is -0.580. The molecule has 0 amide bonds. The van der Waals surface area contributed by atoms with Crippen molar-refractivity contribution in [1.29, 1.82) is 0 Å². The summed E-state index contributed by atoms with van der Waals surface area (Å²) in [4.78, 5) is 4.16. The molecule has 4 heteroatoms. The summed E-state index contributed by atoms with van der Waals surface area (Å²) in [5.41, 5.74) is 1.54. The van der Waals surface area contributed by atoms with Crippen molar-refractivity contribution in [3.8, 4) is 0 Å². The smallest absolute Gasteiger partial charge is 0.0701 e. The van der Waals surface area contributed by atoms with E-state index in [1.807, 2.05) is 12.4 Å². The van der Waals surface area contributed by atoms with Gasteiger partial charge in [0, 0.05) is 25.0 Å². The van der Waals surface area contributed by atoms with Crippen molar-refractivity contribution in [3.63, 3.8) is 0 Å². The second kappa shape index (κ2) is 7.12. The summed E-state index contributed by atoms with van der Waals surface area (Å²) in [7, 11) is 0. The van der Waals surface area contributed by atoms with Crippen molar-refractivity contribution >= 4 is 11.8 Å². The maximum atomic E-state index is 6.25. The predicted molar refractivity (Wildman–Crippen MR) is 88.6 cm³/mol. The average Bonchev–Trinajstić information content (AvgIpc) is 2.54. The van der Waals surface area contributed by atoms with Gasteiger partial charge in [-0.25, -0.2) is 0 Å². The number of nitrogens with one attached hydrogen (secondary N) is 1. The fraction of sp³-hybridized carbons (Fsp3) is 0.706. The van der Waals surface area contributed by atoms with Crippen LogP contribution in [-0.4, -0.2) is 35.2 Å². The van der Waals surface area contributed by atoms with E-state index in [1.165, 1.54) is 36.3 Å². The second-order valence-corrected chi connectivity index (χ2v) is 7.44. The maximum absolute atomic E-state index is 6.25. The van der Waals surface area contributed by atoms with Crippen LogP contribution in [0.3, 0.4) is 0 Å². The van der Waals surface area contributed by atoms with E-state index in [2.05, 4.69) is 41.1 Å². The zero-order valence-electron chi connectivity index (χ0n) is 12.9.